The quantitative estimate of drug-likeness (QED) is 0.190. The second kappa shape index (κ2) is 8.70. The van der Waals surface area contributed by atoms with Gasteiger partial charge in [0, 0.05) is 15.2 Å². The van der Waals surface area contributed by atoms with Crippen LogP contribution in [-0.4, -0.2) is 0 Å². The zero-order valence-corrected chi connectivity index (χ0v) is 24.1. The van der Waals surface area contributed by atoms with E-state index in [4.69, 9.17) is 0 Å². The van der Waals surface area contributed by atoms with Gasteiger partial charge in [0.25, 0.3) is 0 Å². The largest absolute Gasteiger partial charge is 0.0888 e. The van der Waals surface area contributed by atoms with Crippen molar-refractivity contribution in [3.05, 3.63) is 146 Å². The van der Waals surface area contributed by atoms with Crippen molar-refractivity contribution in [2.75, 3.05) is 0 Å². The fourth-order valence-electron chi connectivity index (χ4n) is 7.41. The van der Waals surface area contributed by atoms with Gasteiger partial charge in [-0.3, -0.25) is 0 Å². The molecule has 0 spiro atoms. The van der Waals surface area contributed by atoms with E-state index in [1.54, 1.807) is 0 Å². The van der Waals surface area contributed by atoms with Gasteiger partial charge in [0.2, 0.25) is 0 Å². The minimum absolute atomic E-state index is 1.25. The predicted octanol–water partition coefficient (Wildman–Crippen LogP) is 12.4. The van der Waals surface area contributed by atoms with E-state index in [1.807, 2.05) is 11.8 Å². The molecule has 0 fully saturated rings. The highest BCUT2D eigenvalue weighted by Crippen LogP contribution is 2.49. The second-order valence-electron chi connectivity index (χ2n) is 11.7. The van der Waals surface area contributed by atoms with Crippen molar-refractivity contribution in [2.24, 2.45) is 0 Å². The maximum Gasteiger partial charge on any atom is 0.0207 e. The maximum absolute atomic E-state index is 2.41. The zero-order valence-electron chi connectivity index (χ0n) is 23.3. The molecule has 0 saturated carbocycles. The third-order valence-electron chi connectivity index (χ3n) is 9.39. The fraction of sp³-hybridized carbons (Fsp3) is 0. The summed E-state index contributed by atoms with van der Waals surface area (Å²) in [5, 5.41) is 13.2. The van der Waals surface area contributed by atoms with Gasteiger partial charge < -0.3 is 0 Å². The summed E-state index contributed by atoms with van der Waals surface area (Å²) in [6.07, 6.45) is 0. The smallest absolute Gasteiger partial charge is 0.0207 e. The molecule has 0 N–H and O–H groups in total. The molecule has 1 aliphatic rings. The summed E-state index contributed by atoms with van der Waals surface area (Å²) in [5.74, 6) is 0. The second-order valence-corrected chi connectivity index (χ2v) is 12.8. The summed E-state index contributed by atoms with van der Waals surface area (Å²) in [6.45, 7) is 0. The molecule has 0 nitrogen and oxygen atoms in total. The maximum atomic E-state index is 2.41. The van der Waals surface area contributed by atoms with Crippen molar-refractivity contribution in [1.29, 1.82) is 0 Å². The van der Waals surface area contributed by atoms with Crippen LogP contribution in [0.5, 0.6) is 0 Å². The van der Waals surface area contributed by atoms with Crippen molar-refractivity contribution in [1.82, 2.24) is 0 Å². The monoisotopic (exact) mass is 560 g/mol. The van der Waals surface area contributed by atoms with Gasteiger partial charge in [0.1, 0.15) is 0 Å². The van der Waals surface area contributed by atoms with Crippen LogP contribution in [0.15, 0.2) is 155 Å². The van der Waals surface area contributed by atoms with Gasteiger partial charge in [-0.15, -0.1) is 0 Å². The van der Waals surface area contributed by atoms with Gasteiger partial charge in [-0.1, -0.05) is 133 Å². The summed E-state index contributed by atoms with van der Waals surface area (Å²) in [5.41, 5.74) is 7.73. The minimum Gasteiger partial charge on any atom is -0.0888 e. The van der Waals surface area contributed by atoms with Gasteiger partial charge in [-0.2, -0.15) is 0 Å². The molecule has 0 radical (unpaired) electrons. The molecule has 1 heterocycles. The third kappa shape index (κ3) is 3.34. The van der Waals surface area contributed by atoms with E-state index < -0.39 is 0 Å². The summed E-state index contributed by atoms with van der Waals surface area (Å²) in [6, 6.07) is 54.4. The predicted molar refractivity (Wildman–Crippen MR) is 186 cm³/mol. The van der Waals surface area contributed by atoms with Crippen LogP contribution < -0.4 is 0 Å². The Morgan fingerprint density at radius 2 is 0.884 bits per heavy atom. The van der Waals surface area contributed by atoms with Crippen LogP contribution >= 0.6 is 11.8 Å². The van der Waals surface area contributed by atoms with Gasteiger partial charge in [-0.25, -0.2) is 0 Å². The minimum atomic E-state index is 1.25. The Labute approximate surface area is 253 Å². The Balaban J connectivity index is 1.18. The molecule has 1 aliphatic heterocycles. The lowest BCUT2D eigenvalue weighted by Crippen LogP contribution is -1.93. The van der Waals surface area contributed by atoms with Gasteiger partial charge in [0.15, 0.2) is 0 Å². The Bertz CT molecular complexity index is 2570. The third-order valence-corrected chi connectivity index (χ3v) is 10.5. The molecule has 0 amide bonds. The number of fused-ring (bicyclic) bond motifs is 3. The van der Waals surface area contributed by atoms with E-state index in [1.165, 1.54) is 97.0 Å². The number of hydrogen-bond donors (Lipinski definition) is 0. The summed E-state index contributed by atoms with van der Waals surface area (Å²) >= 11 is 1.89. The fourth-order valence-corrected chi connectivity index (χ4v) is 8.54. The Hall–Kier alpha value is -5.11. The standard InChI is InChI=1S/C42H24S/c1-6-27-14-15-29-17-20-33(35-21-18-28(7-1)40(27)42(29)35)30-16-13-25-5-2-10-32(36(25)23-30)31-19-22-38-37(24-31)34-11-3-8-26-9-4-12-39(43-38)41(26)34/h1-24H. The first-order valence-electron chi connectivity index (χ1n) is 14.8. The number of rotatable bonds is 2. The van der Waals surface area contributed by atoms with Crippen LogP contribution in [-0.2, 0) is 0 Å². The molecule has 0 bridgehead atoms. The normalized spacial score (nSPS) is 12.6. The van der Waals surface area contributed by atoms with Crippen LogP contribution in [0, 0.1) is 0 Å². The van der Waals surface area contributed by atoms with E-state index in [0.29, 0.717) is 0 Å². The van der Waals surface area contributed by atoms with E-state index in [-0.39, 0.29) is 0 Å². The molecule has 0 saturated heterocycles. The molecule has 0 unspecified atom stereocenters. The van der Waals surface area contributed by atoms with Crippen LogP contribution in [0.3, 0.4) is 0 Å². The van der Waals surface area contributed by atoms with Gasteiger partial charge >= 0.3 is 0 Å². The van der Waals surface area contributed by atoms with Crippen molar-refractivity contribution in [3.8, 4) is 33.4 Å². The van der Waals surface area contributed by atoms with E-state index in [0.717, 1.165) is 0 Å². The topological polar surface area (TPSA) is 0 Å². The average molecular weight is 561 g/mol. The van der Waals surface area contributed by atoms with Crippen LogP contribution in [0.2, 0.25) is 0 Å². The van der Waals surface area contributed by atoms with E-state index >= 15 is 0 Å². The summed E-state index contributed by atoms with van der Waals surface area (Å²) in [7, 11) is 0. The molecule has 0 atom stereocenters. The van der Waals surface area contributed by atoms with Crippen molar-refractivity contribution < 1.29 is 0 Å². The lowest BCUT2D eigenvalue weighted by Gasteiger charge is -2.21. The molecule has 43 heavy (non-hydrogen) atoms. The highest BCUT2D eigenvalue weighted by Gasteiger charge is 2.20. The zero-order chi connectivity index (χ0) is 28.1. The highest BCUT2D eigenvalue weighted by atomic mass is 32.2. The number of benzene rings is 9. The first kappa shape index (κ1) is 23.5. The molecular weight excluding hydrogens is 537 g/mol. The van der Waals surface area contributed by atoms with E-state index in [2.05, 4.69) is 146 Å². The van der Waals surface area contributed by atoms with E-state index in [9.17, 15) is 0 Å². The molecule has 10 rings (SSSR count). The van der Waals surface area contributed by atoms with Crippen molar-refractivity contribution >= 4 is 65.6 Å². The molecular formula is C42H24S. The molecule has 198 valence electrons. The van der Waals surface area contributed by atoms with Crippen LogP contribution in [0.4, 0.5) is 0 Å². The van der Waals surface area contributed by atoms with Crippen molar-refractivity contribution in [3.63, 3.8) is 0 Å². The summed E-state index contributed by atoms with van der Waals surface area (Å²) < 4.78 is 0. The van der Waals surface area contributed by atoms with Crippen molar-refractivity contribution in [2.45, 2.75) is 9.79 Å². The van der Waals surface area contributed by atoms with Gasteiger partial charge in [-0.05, 0) is 106 Å². The molecule has 0 aliphatic carbocycles. The Morgan fingerprint density at radius 3 is 1.74 bits per heavy atom. The molecule has 1 heteroatoms. The average Bonchev–Trinajstić information content (AvgIpc) is 3.07. The SMILES string of the molecule is c1cc(-c2ccc3c(c2)-c2cccc4cccc(c24)S3)c2cc(-c3ccc4ccc5cccc6ccc3c4c56)ccc2c1. The first-order valence-corrected chi connectivity index (χ1v) is 15.7. The van der Waals surface area contributed by atoms with Crippen LogP contribution in [0.25, 0.3) is 87.2 Å². The lowest BCUT2D eigenvalue weighted by atomic mass is 9.88. The highest BCUT2D eigenvalue weighted by molar-refractivity contribution is 7.99. The molecule has 9 aromatic rings. The summed E-state index contributed by atoms with van der Waals surface area (Å²) in [4.78, 5) is 2.67. The Kier molecular flexibility index (Phi) is 4.75. The molecule has 0 aromatic heterocycles. The Morgan fingerprint density at radius 1 is 0.302 bits per heavy atom. The number of hydrogen-bond acceptors (Lipinski definition) is 1. The molecule has 9 aromatic carbocycles. The van der Waals surface area contributed by atoms with Gasteiger partial charge in [0.05, 0.1) is 0 Å². The van der Waals surface area contributed by atoms with Crippen LogP contribution in [0.1, 0.15) is 0 Å². The first-order chi connectivity index (χ1) is 21.3. The lowest BCUT2D eigenvalue weighted by molar-refractivity contribution is 1.40.